The van der Waals surface area contributed by atoms with Crippen molar-refractivity contribution in [3.8, 4) is 0 Å². The minimum Gasteiger partial charge on any atom is -0.334 e. The highest BCUT2D eigenvalue weighted by molar-refractivity contribution is 7.98. The number of likely N-dealkylation sites (N-methyl/N-ethyl adjacent to an activating group) is 1. The molecule has 2 rings (SSSR count). The number of thioether (sulfide) groups is 1. The monoisotopic (exact) mass is 325 g/mol. The summed E-state index contributed by atoms with van der Waals surface area (Å²) in [6.07, 6.45) is 5.15. The minimum atomic E-state index is -0.206. The Labute approximate surface area is 134 Å². The van der Waals surface area contributed by atoms with E-state index in [2.05, 4.69) is 28.7 Å². The molecule has 1 aromatic carbocycles. The number of benzene rings is 1. The quantitative estimate of drug-likeness (QED) is 0.658. The number of carbonyl (C=O) groups is 1. The highest BCUT2D eigenvalue weighted by atomic mass is 35.5. The molecule has 4 nitrogen and oxygen atoms in total. The summed E-state index contributed by atoms with van der Waals surface area (Å²) in [5.74, 6) is 0. The van der Waals surface area contributed by atoms with Crippen LogP contribution >= 0.6 is 23.4 Å². The normalized spacial score (nSPS) is 15.5. The third-order valence-corrected chi connectivity index (χ3v) is 4.61. The van der Waals surface area contributed by atoms with Crippen molar-refractivity contribution in [1.82, 2.24) is 10.2 Å². The van der Waals surface area contributed by atoms with Crippen molar-refractivity contribution in [2.45, 2.75) is 11.3 Å². The van der Waals surface area contributed by atoms with E-state index in [1.165, 1.54) is 5.57 Å². The van der Waals surface area contributed by atoms with Gasteiger partial charge in [0.1, 0.15) is 0 Å². The molecule has 114 valence electrons. The number of nitrogens with one attached hydrogen (secondary N) is 2. The van der Waals surface area contributed by atoms with Crippen molar-refractivity contribution in [3.63, 3.8) is 0 Å². The van der Waals surface area contributed by atoms with Crippen LogP contribution in [0.25, 0.3) is 0 Å². The molecule has 1 aliphatic rings. The summed E-state index contributed by atoms with van der Waals surface area (Å²) >= 11 is 7.70. The zero-order valence-corrected chi connectivity index (χ0v) is 13.9. The standard InChI is InChI=1S/C15H20ClN3OS/c1-19-7-5-11(6-8-19)10-17-15(20)18-12-3-4-14(21-2)13(16)9-12/h3-5,9H,6-8,10H2,1-2H3,(H2,17,18,20). The summed E-state index contributed by atoms with van der Waals surface area (Å²) in [7, 11) is 2.09. The molecule has 1 aliphatic heterocycles. The third-order valence-electron chi connectivity index (χ3n) is 3.39. The van der Waals surface area contributed by atoms with E-state index in [1.807, 2.05) is 18.4 Å². The molecule has 0 fully saturated rings. The van der Waals surface area contributed by atoms with Crippen LogP contribution in [0.4, 0.5) is 10.5 Å². The zero-order chi connectivity index (χ0) is 15.2. The van der Waals surface area contributed by atoms with Crippen LogP contribution in [0.3, 0.4) is 0 Å². The van der Waals surface area contributed by atoms with Crippen LogP contribution in [0.5, 0.6) is 0 Å². The van der Waals surface area contributed by atoms with Crippen LogP contribution in [0.1, 0.15) is 6.42 Å². The van der Waals surface area contributed by atoms with E-state index in [1.54, 1.807) is 17.8 Å². The van der Waals surface area contributed by atoms with Crippen LogP contribution in [0.2, 0.25) is 5.02 Å². The molecule has 0 spiro atoms. The van der Waals surface area contributed by atoms with Gasteiger partial charge in [-0.25, -0.2) is 4.79 Å². The number of rotatable bonds is 4. The molecule has 0 radical (unpaired) electrons. The van der Waals surface area contributed by atoms with E-state index in [0.29, 0.717) is 17.3 Å². The van der Waals surface area contributed by atoms with Crippen molar-refractivity contribution in [2.75, 3.05) is 38.3 Å². The molecule has 0 unspecified atom stereocenters. The molecule has 6 heteroatoms. The molecular formula is C15H20ClN3OS. The van der Waals surface area contributed by atoms with Crippen LogP contribution in [-0.2, 0) is 0 Å². The number of hydrogen-bond acceptors (Lipinski definition) is 3. The molecular weight excluding hydrogens is 306 g/mol. The first-order valence-corrected chi connectivity index (χ1v) is 8.43. The lowest BCUT2D eigenvalue weighted by molar-refractivity contribution is 0.252. The fraction of sp³-hybridized carbons (Fsp3) is 0.400. The molecule has 1 aromatic rings. The maximum absolute atomic E-state index is 11.9. The zero-order valence-electron chi connectivity index (χ0n) is 12.3. The number of carbonyl (C=O) groups excluding carboxylic acids is 1. The molecule has 2 amide bonds. The van der Waals surface area contributed by atoms with Crippen molar-refractivity contribution in [3.05, 3.63) is 34.9 Å². The average Bonchev–Trinajstić information content (AvgIpc) is 2.47. The molecule has 0 aliphatic carbocycles. The maximum Gasteiger partial charge on any atom is 0.319 e. The van der Waals surface area contributed by atoms with Gasteiger partial charge in [-0.05, 0) is 37.9 Å². The van der Waals surface area contributed by atoms with Crippen molar-refractivity contribution in [1.29, 1.82) is 0 Å². The Morgan fingerprint density at radius 2 is 2.29 bits per heavy atom. The Hall–Kier alpha value is -1.17. The lowest BCUT2D eigenvalue weighted by Gasteiger charge is -2.22. The van der Waals surface area contributed by atoms with Crippen LogP contribution in [0.15, 0.2) is 34.7 Å². The lowest BCUT2D eigenvalue weighted by atomic mass is 10.1. The number of nitrogens with zero attached hydrogens (tertiary/aromatic N) is 1. The van der Waals surface area contributed by atoms with Crippen molar-refractivity contribution >= 4 is 35.1 Å². The Morgan fingerprint density at radius 1 is 1.48 bits per heavy atom. The molecule has 21 heavy (non-hydrogen) atoms. The Morgan fingerprint density at radius 3 is 2.90 bits per heavy atom. The van der Waals surface area contributed by atoms with Gasteiger partial charge in [0, 0.05) is 30.2 Å². The number of halogens is 1. The summed E-state index contributed by atoms with van der Waals surface area (Å²) in [6, 6.07) is 5.32. The summed E-state index contributed by atoms with van der Waals surface area (Å²) in [4.78, 5) is 15.1. The van der Waals surface area contributed by atoms with E-state index < -0.39 is 0 Å². The second-order valence-electron chi connectivity index (χ2n) is 5.03. The molecule has 0 saturated heterocycles. The summed E-state index contributed by atoms with van der Waals surface area (Å²) in [6.45, 7) is 2.58. The number of urea groups is 1. The SMILES string of the molecule is CSc1ccc(NC(=O)NCC2=CCN(C)CC2)cc1Cl. The predicted molar refractivity (Wildman–Crippen MR) is 90.5 cm³/mol. The van der Waals surface area contributed by atoms with Crippen molar-refractivity contribution in [2.24, 2.45) is 0 Å². The van der Waals surface area contributed by atoms with E-state index in [0.717, 1.165) is 24.4 Å². The number of amides is 2. The second-order valence-corrected chi connectivity index (χ2v) is 6.29. The Bertz CT molecular complexity index is 548. The molecule has 2 N–H and O–H groups in total. The highest BCUT2D eigenvalue weighted by Crippen LogP contribution is 2.27. The van der Waals surface area contributed by atoms with Crippen LogP contribution in [-0.4, -0.2) is 43.9 Å². The van der Waals surface area contributed by atoms with Gasteiger partial charge >= 0.3 is 6.03 Å². The van der Waals surface area contributed by atoms with Gasteiger partial charge < -0.3 is 15.5 Å². The number of hydrogen-bond donors (Lipinski definition) is 2. The van der Waals surface area contributed by atoms with Gasteiger partial charge in [0.25, 0.3) is 0 Å². The van der Waals surface area contributed by atoms with E-state index in [9.17, 15) is 4.79 Å². The van der Waals surface area contributed by atoms with E-state index >= 15 is 0 Å². The second kappa shape index (κ2) is 7.73. The van der Waals surface area contributed by atoms with Gasteiger partial charge in [0.05, 0.1) is 5.02 Å². The van der Waals surface area contributed by atoms with Gasteiger partial charge in [0.15, 0.2) is 0 Å². The maximum atomic E-state index is 11.9. The topological polar surface area (TPSA) is 44.4 Å². The van der Waals surface area contributed by atoms with Crippen molar-refractivity contribution < 1.29 is 4.79 Å². The molecule has 0 atom stereocenters. The van der Waals surface area contributed by atoms with Gasteiger partial charge in [-0.3, -0.25) is 0 Å². The Balaban J connectivity index is 1.83. The number of anilines is 1. The first-order chi connectivity index (χ1) is 10.1. The largest absolute Gasteiger partial charge is 0.334 e. The van der Waals surface area contributed by atoms with E-state index in [4.69, 9.17) is 11.6 Å². The fourth-order valence-electron chi connectivity index (χ4n) is 2.09. The highest BCUT2D eigenvalue weighted by Gasteiger charge is 2.09. The summed E-state index contributed by atoms with van der Waals surface area (Å²) in [5.41, 5.74) is 1.98. The molecule has 0 bridgehead atoms. The third kappa shape index (κ3) is 4.95. The summed E-state index contributed by atoms with van der Waals surface area (Å²) < 4.78 is 0. The lowest BCUT2D eigenvalue weighted by Crippen LogP contribution is -2.33. The fourth-order valence-corrected chi connectivity index (χ4v) is 2.96. The molecule has 0 aromatic heterocycles. The van der Waals surface area contributed by atoms with Gasteiger partial charge in [0.2, 0.25) is 0 Å². The van der Waals surface area contributed by atoms with E-state index in [-0.39, 0.29) is 6.03 Å². The molecule has 0 saturated carbocycles. The minimum absolute atomic E-state index is 0.206. The van der Waals surface area contributed by atoms with Gasteiger partial charge in [-0.15, -0.1) is 11.8 Å². The first-order valence-electron chi connectivity index (χ1n) is 6.83. The average molecular weight is 326 g/mol. The van der Waals surface area contributed by atoms with Crippen LogP contribution < -0.4 is 10.6 Å². The van der Waals surface area contributed by atoms with Gasteiger partial charge in [-0.1, -0.05) is 23.3 Å². The van der Waals surface area contributed by atoms with Gasteiger partial charge in [-0.2, -0.15) is 0 Å². The van der Waals surface area contributed by atoms with Crippen LogP contribution in [0, 0.1) is 0 Å². The molecule has 1 heterocycles. The Kier molecular flexibility index (Phi) is 5.96. The smallest absolute Gasteiger partial charge is 0.319 e. The first kappa shape index (κ1) is 16.2. The summed E-state index contributed by atoms with van der Waals surface area (Å²) in [5, 5.41) is 6.33. The predicted octanol–water partition coefficient (Wildman–Crippen LogP) is 3.45.